The van der Waals surface area contributed by atoms with E-state index in [1.807, 2.05) is 20.8 Å². The molecule has 1 N–H and O–H groups in total. The summed E-state index contributed by atoms with van der Waals surface area (Å²) in [4.78, 5) is 12.3. The summed E-state index contributed by atoms with van der Waals surface area (Å²) in [7, 11) is -1.87. The zero-order chi connectivity index (χ0) is 16.4. The maximum absolute atomic E-state index is 12.3. The van der Waals surface area contributed by atoms with E-state index in [1.54, 1.807) is 25.1 Å². The third-order valence-corrected chi connectivity index (χ3v) is 4.94. The number of nitrogens with zero attached hydrogens (tertiary/aromatic N) is 1. The smallest absolute Gasteiger partial charge is 0.251 e. The fourth-order valence-corrected chi connectivity index (χ4v) is 2.40. The molecule has 118 valence electrons. The molecule has 0 saturated carbocycles. The van der Waals surface area contributed by atoms with Gasteiger partial charge in [-0.15, -0.1) is 0 Å². The first kappa shape index (κ1) is 17.5. The molecule has 1 atom stereocenters. The Labute approximate surface area is 127 Å². The molecule has 0 aliphatic heterocycles. The van der Waals surface area contributed by atoms with Gasteiger partial charge in [-0.1, -0.05) is 19.9 Å². The number of hydrogen-bond donors (Lipinski definition) is 1. The van der Waals surface area contributed by atoms with E-state index in [-0.39, 0.29) is 11.9 Å². The highest BCUT2D eigenvalue weighted by Crippen LogP contribution is 2.24. The van der Waals surface area contributed by atoms with Crippen LogP contribution in [0.25, 0.3) is 0 Å². The first-order chi connectivity index (χ1) is 9.55. The molecule has 0 fully saturated rings. The van der Waals surface area contributed by atoms with Crippen molar-refractivity contribution < 1.29 is 13.2 Å². The Morgan fingerprint density at radius 3 is 2.29 bits per heavy atom. The number of benzene rings is 1. The molecular weight excluding hydrogens is 288 g/mol. The molecule has 0 radical (unpaired) electrons. The SMILES string of the molecule is Cc1c(C(=O)N[C@@H](C)C(C)C)cccc1N(C)S(C)(=O)=O. The molecule has 0 spiro atoms. The number of nitrogens with one attached hydrogen (secondary N) is 1. The van der Waals surface area contributed by atoms with Gasteiger partial charge in [0.1, 0.15) is 0 Å². The lowest BCUT2D eigenvalue weighted by Gasteiger charge is -2.22. The third kappa shape index (κ3) is 4.20. The van der Waals surface area contributed by atoms with Crippen LogP contribution in [0.5, 0.6) is 0 Å². The lowest BCUT2D eigenvalue weighted by Crippen LogP contribution is -2.36. The predicted molar refractivity (Wildman–Crippen MR) is 86.2 cm³/mol. The van der Waals surface area contributed by atoms with Crippen molar-refractivity contribution in [1.29, 1.82) is 0 Å². The molecule has 1 aromatic rings. The van der Waals surface area contributed by atoms with Crippen LogP contribution in [0.1, 0.15) is 36.7 Å². The fraction of sp³-hybridized carbons (Fsp3) is 0.533. The van der Waals surface area contributed by atoms with Gasteiger partial charge in [-0.3, -0.25) is 9.10 Å². The predicted octanol–water partition coefficient (Wildman–Crippen LogP) is 2.17. The van der Waals surface area contributed by atoms with Crippen molar-refractivity contribution in [2.24, 2.45) is 5.92 Å². The summed E-state index contributed by atoms with van der Waals surface area (Å²) in [5.41, 5.74) is 1.66. The van der Waals surface area contributed by atoms with Crippen LogP contribution in [-0.2, 0) is 10.0 Å². The van der Waals surface area contributed by atoms with E-state index in [0.717, 1.165) is 6.26 Å². The molecule has 1 aromatic carbocycles. The lowest BCUT2D eigenvalue weighted by atomic mass is 10.0. The molecule has 0 bridgehead atoms. The van der Waals surface area contributed by atoms with Crippen molar-refractivity contribution in [3.05, 3.63) is 29.3 Å². The van der Waals surface area contributed by atoms with Crippen LogP contribution in [0.15, 0.2) is 18.2 Å². The zero-order valence-electron chi connectivity index (χ0n) is 13.5. The molecule has 1 amide bonds. The molecular formula is C15H24N2O3S. The maximum Gasteiger partial charge on any atom is 0.251 e. The van der Waals surface area contributed by atoms with Crippen molar-refractivity contribution in [1.82, 2.24) is 5.32 Å². The Morgan fingerprint density at radius 2 is 1.81 bits per heavy atom. The van der Waals surface area contributed by atoms with Crippen LogP contribution in [0.4, 0.5) is 5.69 Å². The van der Waals surface area contributed by atoms with Crippen LogP contribution >= 0.6 is 0 Å². The van der Waals surface area contributed by atoms with Gasteiger partial charge < -0.3 is 5.32 Å². The standard InChI is InChI=1S/C15H24N2O3S/c1-10(2)12(4)16-15(18)13-8-7-9-14(11(13)3)17(5)21(6,19)20/h7-10,12H,1-6H3,(H,16,18)/t12-/m0/s1. The fourth-order valence-electron chi connectivity index (χ4n) is 1.84. The lowest BCUT2D eigenvalue weighted by molar-refractivity contribution is 0.0930. The molecule has 0 aliphatic rings. The number of carbonyl (C=O) groups excluding carboxylic acids is 1. The van der Waals surface area contributed by atoms with Gasteiger partial charge in [0.15, 0.2) is 0 Å². The molecule has 1 rings (SSSR count). The minimum absolute atomic E-state index is 0.0493. The molecule has 0 heterocycles. The minimum Gasteiger partial charge on any atom is -0.349 e. The molecule has 21 heavy (non-hydrogen) atoms. The Balaban J connectivity index is 3.15. The Hall–Kier alpha value is -1.56. The van der Waals surface area contributed by atoms with Gasteiger partial charge in [-0.05, 0) is 37.5 Å². The van der Waals surface area contributed by atoms with E-state index in [1.165, 1.54) is 11.4 Å². The average Bonchev–Trinajstić information content (AvgIpc) is 2.36. The largest absolute Gasteiger partial charge is 0.349 e. The number of anilines is 1. The van der Waals surface area contributed by atoms with Crippen molar-refractivity contribution >= 4 is 21.6 Å². The van der Waals surface area contributed by atoms with E-state index in [9.17, 15) is 13.2 Å². The summed E-state index contributed by atoms with van der Waals surface area (Å²) in [6, 6.07) is 5.14. The number of carbonyl (C=O) groups is 1. The molecule has 0 unspecified atom stereocenters. The van der Waals surface area contributed by atoms with Gasteiger partial charge >= 0.3 is 0 Å². The Bertz CT molecular complexity index is 624. The van der Waals surface area contributed by atoms with Gasteiger partial charge in [-0.2, -0.15) is 0 Å². The van der Waals surface area contributed by atoms with Gasteiger partial charge in [0, 0.05) is 18.7 Å². The van der Waals surface area contributed by atoms with Crippen LogP contribution < -0.4 is 9.62 Å². The normalized spacial score (nSPS) is 13.1. The first-order valence-electron chi connectivity index (χ1n) is 6.90. The highest BCUT2D eigenvalue weighted by molar-refractivity contribution is 7.92. The van der Waals surface area contributed by atoms with Gasteiger partial charge in [0.2, 0.25) is 10.0 Å². The molecule has 0 aromatic heterocycles. The Kier molecular flexibility index (Phi) is 5.39. The highest BCUT2D eigenvalue weighted by atomic mass is 32.2. The highest BCUT2D eigenvalue weighted by Gasteiger charge is 2.19. The summed E-state index contributed by atoms with van der Waals surface area (Å²) < 4.78 is 24.5. The minimum atomic E-state index is -3.36. The molecule has 0 aliphatic carbocycles. The summed E-state index contributed by atoms with van der Waals surface area (Å²) in [6.07, 6.45) is 1.14. The quantitative estimate of drug-likeness (QED) is 0.906. The number of amides is 1. The average molecular weight is 312 g/mol. The van der Waals surface area contributed by atoms with Crippen LogP contribution in [-0.4, -0.2) is 33.7 Å². The summed E-state index contributed by atoms with van der Waals surface area (Å²) >= 11 is 0. The second-order valence-electron chi connectivity index (χ2n) is 5.69. The first-order valence-corrected chi connectivity index (χ1v) is 8.75. The number of rotatable bonds is 5. The van der Waals surface area contributed by atoms with Crippen molar-refractivity contribution in [2.75, 3.05) is 17.6 Å². The summed E-state index contributed by atoms with van der Waals surface area (Å²) in [6.45, 7) is 7.77. The van der Waals surface area contributed by atoms with Gasteiger partial charge in [0.05, 0.1) is 11.9 Å². The van der Waals surface area contributed by atoms with E-state index in [0.29, 0.717) is 22.7 Å². The van der Waals surface area contributed by atoms with Crippen molar-refractivity contribution in [2.45, 2.75) is 33.7 Å². The van der Waals surface area contributed by atoms with E-state index >= 15 is 0 Å². The van der Waals surface area contributed by atoms with Crippen molar-refractivity contribution in [3.63, 3.8) is 0 Å². The summed E-state index contributed by atoms with van der Waals surface area (Å²) in [5.74, 6) is 0.147. The number of hydrogen-bond acceptors (Lipinski definition) is 3. The van der Waals surface area contributed by atoms with E-state index in [4.69, 9.17) is 0 Å². The van der Waals surface area contributed by atoms with Gasteiger partial charge in [0.25, 0.3) is 5.91 Å². The van der Waals surface area contributed by atoms with Crippen LogP contribution in [0, 0.1) is 12.8 Å². The van der Waals surface area contributed by atoms with Crippen LogP contribution in [0.2, 0.25) is 0 Å². The monoisotopic (exact) mass is 312 g/mol. The molecule has 6 heteroatoms. The van der Waals surface area contributed by atoms with E-state index in [2.05, 4.69) is 5.32 Å². The zero-order valence-corrected chi connectivity index (χ0v) is 14.3. The second kappa shape index (κ2) is 6.47. The maximum atomic E-state index is 12.3. The van der Waals surface area contributed by atoms with Crippen molar-refractivity contribution in [3.8, 4) is 0 Å². The van der Waals surface area contributed by atoms with Gasteiger partial charge in [-0.25, -0.2) is 8.42 Å². The number of sulfonamides is 1. The van der Waals surface area contributed by atoms with Crippen LogP contribution in [0.3, 0.4) is 0 Å². The Morgan fingerprint density at radius 1 is 1.24 bits per heavy atom. The third-order valence-electron chi connectivity index (χ3n) is 3.75. The molecule has 5 nitrogen and oxygen atoms in total. The topological polar surface area (TPSA) is 66.5 Å². The second-order valence-corrected chi connectivity index (χ2v) is 7.70. The van der Waals surface area contributed by atoms with E-state index < -0.39 is 10.0 Å². The summed E-state index contributed by atoms with van der Waals surface area (Å²) in [5, 5.41) is 2.93. The molecule has 0 saturated heterocycles.